The van der Waals surface area contributed by atoms with Gasteiger partial charge in [-0.1, -0.05) is 0 Å². The minimum atomic E-state index is -0.397. The van der Waals surface area contributed by atoms with E-state index in [0.29, 0.717) is 6.54 Å². The van der Waals surface area contributed by atoms with E-state index in [1.54, 1.807) is 4.90 Å². The molecule has 4 heteroatoms. The summed E-state index contributed by atoms with van der Waals surface area (Å²) in [5.41, 5.74) is 9.67. The monoisotopic (exact) mass is 246 g/mol. The zero-order valence-corrected chi connectivity index (χ0v) is 11.0. The topological polar surface area (TPSA) is 63.4 Å². The van der Waals surface area contributed by atoms with E-state index in [4.69, 9.17) is 5.73 Å². The number of rotatable bonds is 2. The molecule has 1 atom stereocenters. The van der Waals surface area contributed by atoms with Gasteiger partial charge in [-0.25, -0.2) is 0 Å². The number of hydrogen-bond acceptors (Lipinski definition) is 2. The van der Waals surface area contributed by atoms with Crippen LogP contribution in [0.15, 0.2) is 12.1 Å². The Morgan fingerprint density at radius 3 is 2.28 bits per heavy atom. The lowest BCUT2D eigenvalue weighted by Gasteiger charge is -2.19. The molecule has 0 bridgehead atoms. The molecule has 0 radical (unpaired) electrons. The average Bonchev–Trinajstić information content (AvgIpc) is 2.68. The minimum absolute atomic E-state index is 0.0264. The molecule has 4 nitrogen and oxygen atoms in total. The molecule has 2 rings (SSSR count). The van der Waals surface area contributed by atoms with E-state index in [9.17, 15) is 9.59 Å². The summed E-state index contributed by atoms with van der Waals surface area (Å²) < 4.78 is 0. The van der Waals surface area contributed by atoms with Gasteiger partial charge in [0, 0.05) is 18.7 Å². The zero-order chi connectivity index (χ0) is 13.4. The van der Waals surface area contributed by atoms with Crippen LogP contribution in [0.25, 0.3) is 0 Å². The summed E-state index contributed by atoms with van der Waals surface area (Å²) in [6.45, 7) is 6.51. The van der Waals surface area contributed by atoms with Gasteiger partial charge in [0.15, 0.2) is 0 Å². The van der Waals surface area contributed by atoms with E-state index < -0.39 is 5.91 Å². The summed E-state index contributed by atoms with van der Waals surface area (Å²) in [5, 5.41) is 0. The van der Waals surface area contributed by atoms with Crippen molar-refractivity contribution in [1.82, 2.24) is 0 Å². The number of primary amides is 1. The molecule has 1 saturated heterocycles. The molecular weight excluding hydrogens is 228 g/mol. The first-order valence-electron chi connectivity index (χ1n) is 6.07. The summed E-state index contributed by atoms with van der Waals surface area (Å²) in [4.78, 5) is 24.7. The molecule has 1 aromatic carbocycles. The third-order valence-electron chi connectivity index (χ3n) is 3.75. The third kappa shape index (κ3) is 2.10. The maximum Gasteiger partial charge on any atom is 0.227 e. The Morgan fingerprint density at radius 2 is 1.83 bits per heavy atom. The molecular formula is C14H18N2O2. The predicted octanol–water partition coefficient (Wildman–Crippen LogP) is 1.45. The Bertz CT molecular complexity index is 500. The fraction of sp³-hybridized carbons (Fsp3) is 0.429. The van der Waals surface area contributed by atoms with Gasteiger partial charge >= 0.3 is 0 Å². The molecule has 1 fully saturated rings. The highest BCUT2D eigenvalue weighted by molar-refractivity contribution is 6.00. The van der Waals surface area contributed by atoms with Crippen LogP contribution in [0, 0.1) is 26.7 Å². The molecule has 1 heterocycles. The Balaban J connectivity index is 2.33. The number of nitrogens with zero attached hydrogens (tertiary/aromatic N) is 1. The fourth-order valence-electron chi connectivity index (χ4n) is 2.32. The average molecular weight is 246 g/mol. The molecule has 18 heavy (non-hydrogen) atoms. The number of amides is 2. The first-order valence-corrected chi connectivity index (χ1v) is 6.07. The molecule has 2 N–H and O–H groups in total. The quantitative estimate of drug-likeness (QED) is 0.858. The van der Waals surface area contributed by atoms with Crippen LogP contribution in [0.5, 0.6) is 0 Å². The molecule has 1 aliphatic rings. The van der Waals surface area contributed by atoms with Crippen LogP contribution in [-0.4, -0.2) is 18.4 Å². The van der Waals surface area contributed by atoms with E-state index in [1.807, 2.05) is 26.0 Å². The van der Waals surface area contributed by atoms with Gasteiger partial charge in [0.1, 0.15) is 0 Å². The first-order chi connectivity index (χ1) is 8.40. The van der Waals surface area contributed by atoms with Gasteiger partial charge in [-0.2, -0.15) is 0 Å². The molecule has 0 aromatic heterocycles. The van der Waals surface area contributed by atoms with E-state index in [2.05, 4.69) is 6.92 Å². The molecule has 0 saturated carbocycles. The smallest absolute Gasteiger partial charge is 0.227 e. The largest absolute Gasteiger partial charge is 0.369 e. The lowest BCUT2D eigenvalue weighted by Crippen LogP contribution is -2.28. The normalized spacial score (nSPS) is 19.4. The van der Waals surface area contributed by atoms with Crippen LogP contribution in [0.4, 0.5) is 5.69 Å². The van der Waals surface area contributed by atoms with Crippen molar-refractivity contribution in [2.24, 2.45) is 11.7 Å². The molecule has 1 aromatic rings. The number of aryl methyl sites for hydroxylation is 2. The zero-order valence-electron chi connectivity index (χ0n) is 11.0. The maximum absolute atomic E-state index is 11.9. The van der Waals surface area contributed by atoms with Gasteiger partial charge in [0.2, 0.25) is 11.8 Å². The number of hydrogen-bond donors (Lipinski definition) is 1. The standard InChI is InChI=1S/C14H18N2O2/c1-8-4-12(5-9(2)10(8)3)16-7-11(14(15)18)6-13(16)17/h4-5,11H,6-7H2,1-3H3,(H2,15,18). The predicted molar refractivity (Wildman–Crippen MR) is 70.3 cm³/mol. The van der Waals surface area contributed by atoms with Crippen LogP contribution in [0.1, 0.15) is 23.1 Å². The lowest BCUT2D eigenvalue weighted by atomic mass is 10.0. The highest BCUT2D eigenvalue weighted by Crippen LogP contribution is 2.28. The molecule has 1 aliphatic heterocycles. The summed E-state index contributed by atoms with van der Waals surface area (Å²) in [5.74, 6) is -0.785. The fourth-order valence-corrected chi connectivity index (χ4v) is 2.32. The minimum Gasteiger partial charge on any atom is -0.369 e. The van der Waals surface area contributed by atoms with E-state index >= 15 is 0 Å². The second kappa shape index (κ2) is 4.44. The van der Waals surface area contributed by atoms with Crippen molar-refractivity contribution in [3.05, 3.63) is 28.8 Å². The second-order valence-corrected chi connectivity index (χ2v) is 5.01. The van der Waals surface area contributed by atoms with Crippen molar-refractivity contribution in [3.63, 3.8) is 0 Å². The number of carbonyl (C=O) groups excluding carboxylic acids is 2. The van der Waals surface area contributed by atoms with Gasteiger partial charge < -0.3 is 10.6 Å². The highest BCUT2D eigenvalue weighted by atomic mass is 16.2. The Kier molecular flexibility index (Phi) is 3.11. The van der Waals surface area contributed by atoms with Crippen molar-refractivity contribution >= 4 is 17.5 Å². The second-order valence-electron chi connectivity index (χ2n) is 5.01. The molecule has 0 spiro atoms. The maximum atomic E-state index is 11.9. The molecule has 0 aliphatic carbocycles. The van der Waals surface area contributed by atoms with Gasteiger partial charge in [0.25, 0.3) is 0 Å². The van der Waals surface area contributed by atoms with Crippen molar-refractivity contribution in [3.8, 4) is 0 Å². The van der Waals surface area contributed by atoms with Crippen molar-refractivity contribution in [2.75, 3.05) is 11.4 Å². The van der Waals surface area contributed by atoms with Crippen molar-refractivity contribution in [1.29, 1.82) is 0 Å². The van der Waals surface area contributed by atoms with Gasteiger partial charge in [-0.3, -0.25) is 9.59 Å². The van der Waals surface area contributed by atoms with E-state index in [1.165, 1.54) is 5.56 Å². The highest BCUT2D eigenvalue weighted by Gasteiger charge is 2.34. The first kappa shape index (κ1) is 12.6. The molecule has 2 amide bonds. The summed E-state index contributed by atoms with van der Waals surface area (Å²) >= 11 is 0. The Labute approximate surface area is 107 Å². The number of anilines is 1. The van der Waals surface area contributed by atoms with E-state index in [-0.39, 0.29) is 18.2 Å². The van der Waals surface area contributed by atoms with Crippen LogP contribution >= 0.6 is 0 Å². The summed E-state index contributed by atoms with van der Waals surface area (Å²) in [6.07, 6.45) is 0.224. The number of carbonyl (C=O) groups is 2. The SMILES string of the molecule is Cc1cc(N2CC(C(N)=O)CC2=O)cc(C)c1C. The van der Waals surface area contributed by atoms with Gasteiger partial charge in [0.05, 0.1) is 5.92 Å². The Morgan fingerprint density at radius 1 is 1.28 bits per heavy atom. The van der Waals surface area contributed by atoms with Gasteiger partial charge in [-0.05, 0) is 49.6 Å². The van der Waals surface area contributed by atoms with Crippen molar-refractivity contribution < 1.29 is 9.59 Å². The van der Waals surface area contributed by atoms with Crippen LogP contribution in [0.3, 0.4) is 0 Å². The molecule has 96 valence electrons. The number of nitrogens with two attached hydrogens (primary N) is 1. The van der Waals surface area contributed by atoms with Crippen molar-refractivity contribution in [2.45, 2.75) is 27.2 Å². The molecule has 1 unspecified atom stereocenters. The van der Waals surface area contributed by atoms with Crippen LogP contribution in [-0.2, 0) is 9.59 Å². The Hall–Kier alpha value is -1.84. The number of benzene rings is 1. The van der Waals surface area contributed by atoms with Crippen LogP contribution in [0.2, 0.25) is 0 Å². The van der Waals surface area contributed by atoms with Crippen LogP contribution < -0.4 is 10.6 Å². The van der Waals surface area contributed by atoms with E-state index in [0.717, 1.165) is 16.8 Å². The summed E-state index contributed by atoms with van der Waals surface area (Å²) in [6, 6.07) is 3.98. The van der Waals surface area contributed by atoms with Gasteiger partial charge in [-0.15, -0.1) is 0 Å². The lowest BCUT2D eigenvalue weighted by molar-refractivity contribution is -0.123. The third-order valence-corrected chi connectivity index (χ3v) is 3.75. The summed E-state index contributed by atoms with van der Waals surface area (Å²) in [7, 11) is 0.